The van der Waals surface area contributed by atoms with Gasteiger partial charge in [-0.3, -0.25) is 4.79 Å². The molecule has 0 radical (unpaired) electrons. The van der Waals surface area contributed by atoms with Crippen LogP contribution in [-0.2, 0) is 17.9 Å². The van der Waals surface area contributed by atoms with E-state index in [2.05, 4.69) is 15.5 Å². The van der Waals surface area contributed by atoms with Gasteiger partial charge in [-0.15, -0.1) is 10.2 Å². The molecule has 1 aliphatic rings. The van der Waals surface area contributed by atoms with Crippen LogP contribution in [0.15, 0.2) is 41.6 Å². The number of ether oxygens (including phenoxy) is 3. The highest BCUT2D eigenvalue weighted by Crippen LogP contribution is 2.34. The summed E-state index contributed by atoms with van der Waals surface area (Å²) in [5.41, 5.74) is 2.82. The van der Waals surface area contributed by atoms with Crippen molar-refractivity contribution in [3.63, 3.8) is 0 Å². The molecule has 1 N–H and O–H groups in total. The number of carbonyl (C=O) groups excluding carboxylic acids is 1. The molecular formula is C23H26N4O4S. The zero-order chi connectivity index (χ0) is 22.7. The molecule has 0 saturated heterocycles. The molecule has 4 rings (SSSR count). The highest BCUT2D eigenvalue weighted by Gasteiger charge is 2.21. The van der Waals surface area contributed by atoms with Crippen molar-refractivity contribution in [2.24, 2.45) is 0 Å². The van der Waals surface area contributed by atoms with E-state index in [1.165, 1.54) is 11.8 Å². The molecule has 1 aliphatic heterocycles. The summed E-state index contributed by atoms with van der Waals surface area (Å²) in [5, 5.41) is 11.8. The van der Waals surface area contributed by atoms with Crippen LogP contribution in [0.2, 0.25) is 0 Å². The number of amides is 1. The van der Waals surface area contributed by atoms with Gasteiger partial charge in [0.25, 0.3) is 0 Å². The molecule has 2 aromatic carbocycles. The Labute approximate surface area is 191 Å². The first kappa shape index (κ1) is 22.0. The van der Waals surface area contributed by atoms with Crippen molar-refractivity contribution in [2.45, 2.75) is 51.3 Å². The zero-order valence-corrected chi connectivity index (χ0v) is 19.4. The standard InChI is InChI=1S/C23H26N4O4S/c1-5-27-20(12-29-21-14(2)7-6-8-15(21)3)25-26-23(27)32-16(4)22(28)24-17-9-10-18-19(11-17)31-13-30-18/h6-11,16H,5,12-13H2,1-4H3,(H,24,28)/t16-/m0/s1. The summed E-state index contributed by atoms with van der Waals surface area (Å²) in [6.07, 6.45) is 0. The minimum atomic E-state index is -0.373. The van der Waals surface area contributed by atoms with Crippen molar-refractivity contribution in [3.8, 4) is 17.2 Å². The lowest BCUT2D eigenvalue weighted by atomic mass is 10.1. The van der Waals surface area contributed by atoms with E-state index in [4.69, 9.17) is 14.2 Å². The number of anilines is 1. The maximum atomic E-state index is 12.7. The van der Waals surface area contributed by atoms with Crippen molar-refractivity contribution in [1.29, 1.82) is 0 Å². The maximum absolute atomic E-state index is 12.7. The fraction of sp³-hybridized carbons (Fsp3) is 0.348. The van der Waals surface area contributed by atoms with E-state index in [1.807, 2.05) is 50.5 Å². The summed E-state index contributed by atoms with van der Waals surface area (Å²) in [7, 11) is 0. The zero-order valence-electron chi connectivity index (χ0n) is 18.5. The average molecular weight is 455 g/mol. The molecular weight excluding hydrogens is 428 g/mol. The van der Waals surface area contributed by atoms with Crippen LogP contribution in [0.4, 0.5) is 5.69 Å². The van der Waals surface area contributed by atoms with Crippen molar-refractivity contribution >= 4 is 23.4 Å². The molecule has 0 saturated carbocycles. The van der Waals surface area contributed by atoms with Crippen LogP contribution in [-0.4, -0.2) is 32.7 Å². The van der Waals surface area contributed by atoms with Crippen LogP contribution < -0.4 is 19.5 Å². The lowest BCUT2D eigenvalue weighted by Gasteiger charge is -2.14. The Hall–Kier alpha value is -3.20. The number of carbonyl (C=O) groups is 1. The van der Waals surface area contributed by atoms with Gasteiger partial charge < -0.3 is 24.1 Å². The first-order valence-electron chi connectivity index (χ1n) is 10.4. The van der Waals surface area contributed by atoms with E-state index in [-0.39, 0.29) is 18.0 Å². The summed E-state index contributed by atoms with van der Waals surface area (Å²) < 4.78 is 18.7. The number of nitrogens with one attached hydrogen (secondary N) is 1. The second-order valence-corrected chi connectivity index (χ2v) is 8.78. The number of thioether (sulfide) groups is 1. The smallest absolute Gasteiger partial charge is 0.237 e. The Balaban J connectivity index is 1.40. The monoisotopic (exact) mass is 454 g/mol. The fourth-order valence-corrected chi connectivity index (χ4v) is 4.36. The maximum Gasteiger partial charge on any atom is 0.237 e. The van der Waals surface area contributed by atoms with E-state index in [0.717, 1.165) is 22.7 Å². The molecule has 0 fully saturated rings. The first-order chi connectivity index (χ1) is 15.5. The van der Waals surface area contributed by atoms with Gasteiger partial charge >= 0.3 is 0 Å². The highest BCUT2D eigenvalue weighted by atomic mass is 32.2. The van der Waals surface area contributed by atoms with Crippen molar-refractivity contribution in [3.05, 3.63) is 53.3 Å². The topological polar surface area (TPSA) is 87.5 Å². The van der Waals surface area contributed by atoms with Gasteiger partial charge in [0.1, 0.15) is 12.4 Å². The summed E-state index contributed by atoms with van der Waals surface area (Å²) >= 11 is 1.36. The number of benzene rings is 2. The second-order valence-electron chi connectivity index (χ2n) is 7.47. The normalized spacial score (nSPS) is 13.1. The lowest BCUT2D eigenvalue weighted by molar-refractivity contribution is -0.115. The van der Waals surface area contributed by atoms with Crippen LogP contribution >= 0.6 is 11.8 Å². The molecule has 2 heterocycles. The SMILES string of the molecule is CCn1c(COc2c(C)cccc2C)nnc1S[C@@H](C)C(=O)Nc1ccc2c(c1)OCO2. The lowest BCUT2D eigenvalue weighted by Crippen LogP contribution is -2.23. The number of aryl methyl sites for hydroxylation is 2. The quantitative estimate of drug-likeness (QED) is 0.507. The summed E-state index contributed by atoms with van der Waals surface area (Å²) in [4.78, 5) is 12.7. The van der Waals surface area contributed by atoms with Gasteiger partial charge in [0, 0.05) is 18.3 Å². The minimum absolute atomic E-state index is 0.132. The molecule has 168 valence electrons. The van der Waals surface area contributed by atoms with Crippen LogP contribution in [0.1, 0.15) is 30.8 Å². The summed E-state index contributed by atoms with van der Waals surface area (Å²) in [5.74, 6) is 2.76. The molecule has 3 aromatic rings. The van der Waals surface area contributed by atoms with Crippen molar-refractivity contribution < 1.29 is 19.0 Å². The number of aromatic nitrogens is 3. The molecule has 1 atom stereocenters. The number of hydrogen-bond acceptors (Lipinski definition) is 7. The Morgan fingerprint density at radius 3 is 2.69 bits per heavy atom. The van der Waals surface area contributed by atoms with Gasteiger partial charge in [0.15, 0.2) is 22.5 Å². The van der Waals surface area contributed by atoms with Gasteiger partial charge in [0.05, 0.1) is 5.25 Å². The van der Waals surface area contributed by atoms with Crippen LogP contribution in [0.3, 0.4) is 0 Å². The van der Waals surface area contributed by atoms with Gasteiger partial charge in [-0.1, -0.05) is 30.0 Å². The third-order valence-electron chi connectivity index (χ3n) is 5.16. The third kappa shape index (κ3) is 4.67. The molecule has 8 nitrogen and oxygen atoms in total. The third-order valence-corrected chi connectivity index (χ3v) is 6.24. The van der Waals surface area contributed by atoms with Crippen molar-refractivity contribution in [1.82, 2.24) is 14.8 Å². The Bertz CT molecular complexity index is 1110. The number of fused-ring (bicyclic) bond motifs is 1. The number of para-hydroxylation sites is 1. The minimum Gasteiger partial charge on any atom is -0.485 e. The van der Waals surface area contributed by atoms with E-state index < -0.39 is 0 Å². The number of nitrogens with zero attached hydrogens (tertiary/aromatic N) is 3. The van der Waals surface area contributed by atoms with Gasteiger partial charge in [-0.05, 0) is 51.0 Å². The molecule has 0 bridgehead atoms. The van der Waals surface area contributed by atoms with E-state index in [0.29, 0.717) is 35.5 Å². The van der Waals surface area contributed by atoms with Crippen LogP contribution in [0.5, 0.6) is 17.2 Å². The molecule has 0 spiro atoms. The fourth-order valence-electron chi connectivity index (χ4n) is 3.42. The van der Waals surface area contributed by atoms with E-state index in [9.17, 15) is 4.79 Å². The van der Waals surface area contributed by atoms with Gasteiger partial charge in [-0.25, -0.2) is 0 Å². The molecule has 0 aliphatic carbocycles. The van der Waals surface area contributed by atoms with Crippen LogP contribution in [0.25, 0.3) is 0 Å². The largest absolute Gasteiger partial charge is 0.485 e. The number of hydrogen-bond donors (Lipinski definition) is 1. The Morgan fingerprint density at radius 2 is 1.94 bits per heavy atom. The van der Waals surface area contributed by atoms with Crippen molar-refractivity contribution in [2.75, 3.05) is 12.1 Å². The predicted octanol–water partition coefficient (Wildman–Crippen LogP) is 4.34. The number of rotatable bonds is 8. The molecule has 1 amide bonds. The Kier molecular flexibility index (Phi) is 6.55. The first-order valence-corrected chi connectivity index (χ1v) is 11.3. The van der Waals surface area contributed by atoms with Gasteiger partial charge in [-0.2, -0.15) is 0 Å². The van der Waals surface area contributed by atoms with Crippen LogP contribution in [0, 0.1) is 13.8 Å². The molecule has 0 unspecified atom stereocenters. The van der Waals surface area contributed by atoms with E-state index >= 15 is 0 Å². The van der Waals surface area contributed by atoms with E-state index in [1.54, 1.807) is 18.2 Å². The molecule has 1 aromatic heterocycles. The molecule has 9 heteroatoms. The predicted molar refractivity (Wildman–Crippen MR) is 122 cm³/mol. The summed E-state index contributed by atoms with van der Waals surface area (Å²) in [6, 6.07) is 11.4. The molecule has 32 heavy (non-hydrogen) atoms. The Morgan fingerprint density at radius 1 is 1.19 bits per heavy atom. The average Bonchev–Trinajstić information content (AvgIpc) is 3.39. The highest BCUT2D eigenvalue weighted by molar-refractivity contribution is 8.00. The summed E-state index contributed by atoms with van der Waals surface area (Å²) in [6.45, 7) is 9.09. The van der Waals surface area contributed by atoms with Gasteiger partial charge in [0.2, 0.25) is 12.7 Å². The second kappa shape index (κ2) is 9.52.